The fraction of sp³-hybridized carbons (Fsp3) is 0.421. The molecule has 6 nitrogen and oxygen atoms in total. The van der Waals surface area contributed by atoms with Crippen LogP contribution in [-0.4, -0.2) is 52.6 Å². The Labute approximate surface area is 164 Å². The van der Waals surface area contributed by atoms with Crippen LogP contribution in [0.25, 0.3) is 0 Å². The van der Waals surface area contributed by atoms with Gasteiger partial charge in [0.1, 0.15) is 4.88 Å². The molecule has 1 aromatic carbocycles. The molecule has 0 unspecified atom stereocenters. The maximum Gasteiger partial charge on any atom is 0.266 e. The zero-order valence-corrected chi connectivity index (χ0v) is 17.2. The van der Waals surface area contributed by atoms with Crippen LogP contribution in [0.4, 0.5) is 5.69 Å². The van der Waals surface area contributed by atoms with Crippen LogP contribution >= 0.6 is 11.3 Å². The molecule has 0 atom stereocenters. The Bertz CT molecular complexity index is 885. The summed E-state index contributed by atoms with van der Waals surface area (Å²) >= 11 is 1.26. The van der Waals surface area contributed by atoms with Gasteiger partial charge in [-0.3, -0.25) is 9.10 Å². The van der Waals surface area contributed by atoms with Gasteiger partial charge in [0.15, 0.2) is 0 Å². The number of carbonyl (C=O) groups excluding carboxylic acids is 1. The summed E-state index contributed by atoms with van der Waals surface area (Å²) in [6, 6.07) is 8.63. The number of hydrogen-bond donors (Lipinski definition) is 0. The number of aryl methyl sites for hydroxylation is 1. The molecule has 0 aliphatic carbocycles. The maximum absolute atomic E-state index is 13.0. The van der Waals surface area contributed by atoms with Gasteiger partial charge in [-0.2, -0.15) is 0 Å². The van der Waals surface area contributed by atoms with Crippen LogP contribution in [0.1, 0.15) is 28.6 Å². The Kier molecular flexibility index (Phi) is 6.18. The number of benzene rings is 1. The molecular weight excluding hydrogens is 384 g/mol. The number of carbonyl (C=O) groups is 1. The van der Waals surface area contributed by atoms with Crippen molar-refractivity contribution in [2.45, 2.75) is 24.7 Å². The van der Waals surface area contributed by atoms with E-state index in [9.17, 15) is 13.2 Å². The van der Waals surface area contributed by atoms with Gasteiger partial charge in [0.2, 0.25) is 0 Å². The quantitative estimate of drug-likeness (QED) is 0.737. The van der Waals surface area contributed by atoms with Crippen LogP contribution in [0.3, 0.4) is 0 Å². The maximum atomic E-state index is 13.0. The lowest BCUT2D eigenvalue weighted by molar-refractivity contribution is 0.0306. The highest BCUT2D eigenvalue weighted by Crippen LogP contribution is 2.31. The second kappa shape index (κ2) is 8.41. The fourth-order valence-corrected chi connectivity index (χ4v) is 5.18. The lowest BCUT2D eigenvalue weighted by Gasteiger charge is -2.27. The molecular formula is C19H24N2O4S2. The Hall–Kier alpha value is -1.90. The van der Waals surface area contributed by atoms with Gasteiger partial charge in [-0.15, -0.1) is 11.3 Å². The van der Waals surface area contributed by atoms with E-state index in [1.165, 1.54) is 22.7 Å². The van der Waals surface area contributed by atoms with E-state index in [4.69, 9.17) is 4.74 Å². The lowest BCUT2D eigenvalue weighted by atomic mass is 10.1. The molecule has 0 N–H and O–H groups in total. The average Bonchev–Trinajstić information content (AvgIpc) is 3.17. The molecule has 0 bridgehead atoms. The number of amides is 1. The first-order valence-electron chi connectivity index (χ1n) is 8.97. The van der Waals surface area contributed by atoms with Crippen molar-refractivity contribution in [3.63, 3.8) is 0 Å². The van der Waals surface area contributed by atoms with Gasteiger partial charge in [-0.1, -0.05) is 25.5 Å². The summed E-state index contributed by atoms with van der Waals surface area (Å²) in [6.07, 6.45) is 1.92. The summed E-state index contributed by atoms with van der Waals surface area (Å²) in [5, 5.41) is 1.75. The number of rotatable bonds is 6. The normalized spacial score (nSPS) is 15.0. The molecule has 146 valence electrons. The molecule has 1 saturated heterocycles. The minimum atomic E-state index is -3.74. The van der Waals surface area contributed by atoms with Crippen LogP contribution in [0.15, 0.2) is 40.6 Å². The van der Waals surface area contributed by atoms with Crippen LogP contribution in [0.5, 0.6) is 0 Å². The zero-order chi connectivity index (χ0) is 19.4. The van der Waals surface area contributed by atoms with Crippen molar-refractivity contribution in [3.8, 4) is 0 Å². The molecule has 0 radical (unpaired) electrons. The highest BCUT2D eigenvalue weighted by molar-refractivity contribution is 7.92. The number of sulfonamides is 1. The summed E-state index contributed by atoms with van der Waals surface area (Å²) in [5.74, 6) is -0.149. The molecule has 0 saturated carbocycles. The van der Waals surface area contributed by atoms with E-state index < -0.39 is 10.0 Å². The van der Waals surface area contributed by atoms with Crippen molar-refractivity contribution >= 4 is 33.0 Å². The number of hydrogen-bond acceptors (Lipinski definition) is 5. The third-order valence-electron chi connectivity index (χ3n) is 4.60. The predicted octanol–water partition coefficient (Wildman–Crippen LogP) is 3.00. The minimum Gasteiger partial charge on any atom is -0.378 e. The van der Waals surface area contributed by atoms with E-state index in [0.717, 1.165) is 18.4 Å². The van der Waals surface area contributed by atoms with Crippen molar-refractivity contribution < 1.29 is 17.9 Å². The lowest BCUT2D eigenvalue weighted by Crippen LogP contribution is -2.41. The standard InChI is InChI=1S/C19H24N2O4S2/c1-3-4-15-5-7-16(8-6-15)27(23,24)20(2)17-9-14-26-18(17)19(22)21-10-12-25-13-11-21/h5-9,14H,3-4,10-13H2,1-2H3. The molecule has 27 heavy (non-hydrogen) atoms. The van der Waals surface area contributed by atoms with Crippen molar-refractivity contribution in [2.24, 2.45) is 0 Å². The number of morpholine rings is 1. The third kappa shape index (κ3) is 4.17. The monoisotopic (exact) mass is 408 g/mol. The van der Waals surface area contributed by atoms with Gasteiger partial charge in [-0.25, -0.2) is 8.42 Å². The smallest absolute Gasteiger partial charge is 0.266 e. The summed E-state index contributed by atoms with van der Waals surface area (Å²) in [5.41, 5.74) is 1.52. The molecule has 1 aliphatic heterocycles. The summed E-state index contributed by atoms with van der Waals surface area (Å²) in [7, 11) is -2.24. The van der Waals surface area contributed by atoms with Crippen LogP contribution in [0, 0.1) is 0 Å². The Morgan fingerprint density at radius 2 is 1.85 bits per heavy atom. The molecule has 2 aromatic rings. The summed E-state index contributed by atoms with van der Waals surface area (Å²) in [4.78, 5) is 15.2. The molecule has 8 heteroatoms. The highest BCUT2D eigenvalue weighted by atomic mass is 32.2. The first-order chi connectivity index (χ1) is 12.9. The van der Waals surface area contributed by atoms with Gasteiger partial charge >= 0.3 is 0 Å². The highest BCUT2D eigenvalue weighted by Gasteiger charge is 2.28. The molecule has 1 aromatic heterocycles. The Morgan fingerprint density at radius 1 is 1.19 bits per heavy atom. The van der Waals surface area contributed by atoms with E-state index in [1.807, 2.05) is 12.1 Å². The molecule has 1 aliphatic rings. The van der Waals surface area contributed by atoms with E-state index >= 15 is 0 Å². The SMILES string of the molecule is CCCc1ccc(S(=O)(=O)N(C)c2ccsc2C(=O)N2CCOCC2)cc1. The largest absolute Gasteiger partial charge is 0.378 e. The second-order valence-corrected chi connectivity index (χ2v) is 9.29. The second-order valence-electron chi connectivity index (χ2n) is 6.41. The first kappa shape index (κ1) is 19.9. The summed E-state index contributed by atoms with van der Waals surface area (Å²) in [6.45, 7) is 4.13. The zero-order valence-electron chi connectivity index (χ0n) is 15.6. The van der Waals surface area contributed by atoms with Crippen molar-refractivity contribution in [3.05, 3.63) is 46.2 Å². The van der Waals surface area contributed by atoms with Crippen molar-refractivity contribution in [1.29, 1.82) is 0 Å². The topological polar surface area (TPSA) is 66.9 Å². The van der Waals surface area contributed by atoms with E-state index in [2.05, 4.69) is 6.92 Å². The molecule has 2 heterocycles. The minimum absolute atomic E-state index is 0.149. The molecule has 0 spiro atoms. The van der Waals surface area contributed by atoms with Gasteiger partial charge in [0, 0.05) is 20.1 Å². The van der Waals surface area contributed by atoms with Gasteiger partial charge in [-0.05, 0) is 35.6 Å². The van der Waals surface area contributed by atoms with E-state index in [0.29, 0.717) is 36.9 Å². The number of ether oxygens (including phenoxy) is 1. The number of nitrogens with zero attached hydrogens (tertiary/aromatic N) is 2. The number of thiophene rings is 1. The van der Waals surface area contributed by atoms with Crippen molar-refractivity contribution in [2.75, 3.05) is 37.7 Å². The molecule has 1 fully saturated rings. The molecule has 3 rings (SSSR count). The predicted molar refractivity (Wildman–Crippen MR) is 107 cm³/mol. The fourth-order valence-electron chi connectivity index (χ4n) is 3.02. The van der Waals surface area contributed by atoms with Crippen LogP contribution in [0.2, 0.25) is 0 Å². The average molecular weight is 409 g/mol. The van der Waals surface area contributed by atoms with E-state index in [-0.39, 0.29) is 10.8 Å². The molecule has 1 amide bonds. The Balaban J connectivity index is 1.86. The third-order valence-corrected chi connectivity index (χ3v) is 7.27. The Morgan fingerprint density at radius 3 is 2.48 bits per heavy atom. The van der Waals surface area contributed by atoms with E-state index in [1.54, 1.807) is 28.5 Å². The first-order valence-corrected chi connectivity index (χ1v) is 11.3. The van der Waals surface area contributed by atoms with Gasteiger partial charge in [0.25, 0.3) is 15.9 Å². The van der Waals surface area contributed by atoms with Crippen LogP contribution in [-0.2, 0) is 21.2 Å². The number of anilines is 1. The van der Waals surface area contributed by atoms with Crippen molar-refractivity contribution in [1.82, 2.24) is 4.90 Å². The van der Waals surface area contributed by atoms with Crippen LogP contribution < -0.4 is 4.31 Å². The van der Waals surface area contributed by atoms with Gasteiger partial charge in [0.05, 0.1) is 23.8 Å². The summed E-state index contributed by atoms with van der Waals surface area (Å²) < 4.78 is 32.6. The van der Waals surface area contributed by atoms with Gasteiger partial charge < -0.3 is 9.64 Å².